The zero-order chi connectivity index (χ0) is 37.8. The third-order valence-electron chi connectivity index (χ3n) is 9.31. The van der Waals surface area contributed by atoms with Crippen molar-refractivity contribution in [1.82, 2.24) is 0 Å². The highest BCUT2D eigenvalue weighted by atomic mass is 16.5. The third-order valence-corrected chi connectivity index (χ3v) is 9.31. The Labute approximate surface area is 328 Å². The standard InChI is InChI=1S/C50H42O6/c1-6-16-37(17-7-1)32-51-43-29-46(53-34-39-20-10-3-11-21-39)44-31-49(55-36-41-24-14-5-15-25-41)50(56-47(44)30-43)42-26-27-45(52-33-38-18-8-2-9-19-38)48(28-42)54-35-40-22-12-4-13-23-40/h1-31,43H,32-36H2. The predicted molar refractivity (Wildman–Crippen MR) is 218 cm³/mol. The molecule has 0 aromatic heterocycles. The normalized spacial score (nSPS) is 14.7. The van der Waals surface area contributed by atoms with Crippen molar-refractivity contribution in [2.75, 3.05) is 0 Å². The van der Waals surface area contributed by atoms with E-state index in [4.69, 9.17) is 28.4 Å². The summed E-state index contributed by atoms with van der Waals surface area (Å²) in [5.74, 6) is 3.59. The van der Waals surface area contributed by atoms with Crippen molar-refractivity contribution in [1.29, 1.82) is 0 Å². The fourth-order valence-electron chi connectivity index (χ4n) is 6.36. The summed E-state index contributed by atoms with van der Waals surface area (Å²) in [6, 6.07) is 56.4. The second-order valence-corrected chi connectivity index (χ2v) is 13.4. The third kappa shape index (κ3) is 9.48. The molecule has 1 unspecified atom stereocenters. The second-order valence-electron chi connectivity index (χ2n) is 13.4. The van der Waals surface area contributed by atoms with Gasteiger partial charge in [0.25, 0.3) is 0 Å². The first-order valence-electron chi connectivity index (χ1n) is 18.8. The van der Waals surface area contributed by atoms with Crippen LogP contribution in [0.15, 0.2) is 211 Å². The molecule has 6 aromatic carbocycles. The fraction of sp³-hybridized carbons (Fsp3) is 0.120. The summed E-state index contributed by atoms with van der Waals surface area (Å²) < 4.78 is 39.2. The maximum absolute atomic E-state index is 6.88. The first-order valence-corrected chi connectivity index (χ1v) is 18.8. The Hall–Kier alpha value is -6.76. The molecular formula is C50H42O6. The summed E-state index contributed by atoms with van der Waals surface area (Å²) in [7, 11) is 0. The van der Waals surface area contributed by atoms with Crippen LogP contribution in [-0.4, -0.2) is 6.10 Å². The van der Waals surface area contributed by atoms with Gasteiger partial charge in [0.1, 0.15) is 44.0 Å². The van der Waals surface area contributed by atoms with E-state index in [0.717, 1.165) is 39.0 Å². The van der Waals surface area contributed by atoms with Crippen LogP contribution in [0.5, 0.6) is 11.5 Å². The van der Waals surface area contributed by atoms with Gasteiger partial charge in [-0.1, -0.05) is 152 Å². The lowest BCUT2D eigenvalue weighted by Crippen LogP contribution is -2.20. The number of hydrogen-bond acceptors (Lipinski definition) is 6. The van der Waals surface area contributed by atoms with Crippen molar-refractivity contribution in [2.24, 2.45) is 0 Å². The van der Waals surface area contributed by atoms with E-state index in [2.05, 4.69) is 12.1 Å². The number of rotatable bonds is 16. The molecule has 0 radical (unpaired) electrons. The lowest BCUT2D eigenvalue weighted by Gasteiger charge is -2.29. The zero-order valence-corrected chi connectivity index (χ0v) is 31.0. The summed E-state index contributed by atoms with van der Waals surface area (Å²) in [6.07, 6.45) is 5.59. The Morgan fingerprint density at radius 2 is 0.893 bits per heavy atom. The minimum Gasteiger partial charge on any atom is -0.488 e. The largest absolute Gasteiger partial charge is 0.488 e. The molecule has 2 aliphatic rings. The van der Waals surface area contributed by atoms with Crippen LogP contribution in [0.1, 0.15) is 33.4 Å². The van der Waals surface area contributed by atoms with Gasteiger partial charge in [-0.2, -0.15) is 0 Å². The van der Waals surface area contributed by atoms with E-state index < -0.39 is 6.10 Å². The number of hydrogen-bond donors (Lipinski definition) is 0. The van der Waals surface area contributed by atoms with Gasteiger partial charge in [0.05, 0.1) is 12.2 Å². The van der Waals surface area contributed by atoms with Gasteiger partial charge in [0.2, 0.25) is 0 Å². The van der Waals surface area contributed by atoms with Crippen LogP contribution >= 0.6 is 0 Å². The average Bonchev–Trinajstić information content (AvgIpc) is 3.27. The molecule has 56 heavy (non-hydrogen) atoms. The lowest BCUT2D eigenvalue weighted by molar-refractivity contribution is 0.0910. The molecule has 1 atom stereocenters. The average molecular weight is 739 g/mol. The SMILES string of the molecule is C1=C(OCc2ccccc2)C2=CC(OCc3ccccc3)=C(c3ccc(OCc4ccccc4)c(OCc4ccccc4)c3)OC2=CC1OCc1ccccc1. The second kappa shape index (κ2) is 18.0. The molecular weight excluding hydrogens is 697 g/mol. The maximum Gasteiger partial charge on any atom is 0.176 e. The van der Waals surface area contributed by atoms with E-state index >= 15 is 0 Å². The topological polar surface area (TPSA) is 55.4 Å². The van der Waals surface area contributed by atoms with Crippen LogP contribution in [0.3, 0.4) is 0 Å². The van der Waals surface area contributed by atoms with Gasteiger partial charge in [-0.3, -0.25) is 0 Å². The Bertz CT molecular complexity index is 2320. The minimum absolute atomic E-state index is 0.341. The van der Waals surface area contributed by atoms with E-state index in [9.17, 15) is 0 Å². The molecule has 278 valence electrons. The van der Waals surface area contributed by atoms with E-state index in [0.29, 0.717) is 67.6 Å². The fourth-order valence-corrected chi connectivity index (χ4v) is 6.36. The van der Waals surface area contributed by atoms with E-state index in [-0.39, 0.29) is 0 Å². The molecule has 6 nitrogen and oxygen atoms in total. The van der Waals surface area contributed by atoms with Gasteiger partial charge < -0.3 is 28.4 Å². The summed E-state index contributed by atoms with van der Waals surface area (Å²) in [5, 5.41) is 0. The molecule has 0 amide bonds. The zero-order valence-electron chi connectivity index (χ0n) is 31.0. The van der Waals surface area contributed by atoms with Crippen LogP contribution in [0, 0.1) is 0 Å². The Balaban J connectivity index is 1.15. The van der Waals surface area contributed by atoms with Crippen molar-refractivity contribution in [3.63, 3.8) is 0 Å². The van der Waals surface area contributed by atoms with Gasteiger partial charge in [0, 0.05) is 5.56 Å². The lowest BCUT2D eigenvalue weighted by atomic mass is 9.99. The van der Waals surface area contributed by atoms with Crippen molar-refractivity contribution >= 4 is 5.76 Å². The van der Waals surface area contributed by atoms with E-state index in [1.165, 1.54) is 0 Å². The van der Waals surface area contributed by atoms with Gasteiger partial charge in [-0.05, 0) is 64.2 Å². The quantitative estimate of drug-likeness (QED) is 0.0985. The molecule has 0 fully saturated rings. The first kappa shape index (κ1) is 36.2. The van der Waals surface area contributed by atoms with Gasteiger partial charge in [-0.25, -0.2) is 0 Å². The van der Waals surface area contributed by atoms with Gasteiger partial charge in [0.15, 0.2) is 23.0 Å². The number of benzene rings is 6. The number of ether oxygens (including phenoxy) is 6. The maximum atomic E-state index is 6.88. The van der Waals surface area contributed by atoms with Crippen LogP contribution in [-0.2, 0) is 52.0 Å². The molecule has 0 bridgehead atoms. The molecule has 0 saturated carbocycles. The minimum atomic E-state index is -0.403. The Kier molecular flexibility index (Phi) is 11.7. The number of fused-ring (bicyclic) bond motifs is 1. The Morgan fingerprint density at radius 1 is 0.429 bits per heavy atom. The van der Waals surface area contributed by atoms with Gasteiger partial charge in [-0.15, -0.1) is 0 Å². The van der Waals surface area contributed by atoms with Crippen molar-refractivity contribution in [3.05, 3.63) is 244 Å². The van der Waals surface area contributed by atoms with Crippen LogP contribution < -0.4 is 9.47 Å². The highest BCUT2D eigenvalue weighted by Crippen LogP contribution is 2.42. The van der Waals surface area contributed by atoms with Crippen molar-refractivity contribution < 1.29 is 28.4 Å². The highest BCUT2D eigenvalue weighted by molar-refractivity contribution is 5.72. The van der Waals surface area contributed by atoms with Crippen LogP contribution in [0.25, 0.3) is 5.76 Å². The molecule has 6 heteroatoms. The summed E-state index contributed by atoms with van der Waals surface area (Å²) in [5.41, 5.74) is 6.81. The van der Waals surface area contributed by atoms with Crippen LogP contribution in [0.2, 0.25) is 0 Å². The van der Waals surface area contributed by atoms with E-state index in [1.54, 1.807) is 0 Å². The molecule has 6 aromatic rings. The first-order chi connectivity index (χ1) is 27.7. The summed E-state index contributed by atoms with van der Waals surface area (Å²) in [4.78, 5) is 0. The molecule has 8 rings (SSSR count). The number of allylic oxidation sites excluding steroid dienone is 1. The molecule has 1 heterocycles. The highest BCUT2D eigenvalue weighted by Gasteiger charge is 2.31. The Morgan fingerprint density at radius 3 is 1.43 bits per heavy atom. The molecule has 1 aliphatic carbocycles. The molecule has 0 N–H and O–H groups in total. The van der Waals surface area contributed by atoms with Crippen molar-refractivity contribution in [2.45, 2.75) is 39.1 Å². The van der Waals surface area contributed by atoms with E-state index in [1.807, 2.05) is 176 Å². The van der Waals surface area contributed by atoms with Gasteiger partial charge >= 0.3 is 0 Å². The summed E-state index contributed by atoms with van der Waals surface area (Å²) >= 11 is 0. The smallest absolute Gasteiger partial charge is 0.176 e. The van der Waals surface area contributed by atoms with Crippen LogP contribution in [0.4, 0.5) is 0 Å². The molecule has 0 saturated heterocycles. The summed E-state index contributed by atoms with van der Waals surface area (Å²) in [6.45, 7) is 1.91. The molecule has 0 spiro atoms. The molecule has 1 aliphatic heterocycles. The van der Waals surface area contributed by atoms with Crippen molar-refractivity contribution in [3.8, 4) is 11.5 Å². The monoisotopic (exact) mass is 738 g/mol. The predicted octanol–water partition coefficient (Wildman–Crippen LogP) is 11.3.